The van der Waals surface area contributed by atoms with Crippen LogP contribution in [0.25, 0.3) is 17.0 Å². The van der Waals surface area contributed by atoms with Gasteiger partial charge in [0.25, 0.3) is 0 Å². The summed E-state index contributed by atoms with van der Waals surface area (Å²) in [5.41, 5.74) is 2.05. The molecule has 0 unspecified atom stereocenters. The molecule has 0 bridgehead atoms. The van der Waals surface area contributed by atoms with Gasteiger partial charge < -0.3 is 4.42 Å². The molecule has 18 heavy (non-hydrogen) atoms. The Labute approximate surface area is 105 Å². The molecule has 1 aromatic heterocycles. The first kappa shape index (κ1) is 12.3. The number of aryl methyl sites for hydroxylation is 1. The van der Waals surface area contributed by atoms with Crippen LogP contribution < -0.4 is 5.43 Å². The number of benzene rings is 1. The van der Waals surface area contributed by atoms with E-state index in [1.165, 1.54) is 0 Å². The van der Waals surface area contributed by atoms with Gasteiger partial charge in [0.1, 0.15) is 11.3 Å². The van der Waals surface area contributed by atoms with Crippen LogP contribution in [0.15, 0.2) is 27.4 Å². The van der Waals surface area contributed by atoms with Crippen LogP contribution in [0.5, 0.6) is 0 Å². The van der Waals surface area contributed by atoms with Crippen LogP contribution in [0.1, 0.15) is 34.2 Å². The molecule has 0 saturated heterocycles. The molecule has 0 aliphatic carbocycles. The lowest BCUT2D eigenvalue weighted by atomic mass is 10.0. The third-order valence-corrected chi connectivity index (χ3v) is 3.06. The summed E-state index contributed by atoms with van der Waals surface area (Å²) >= 11 is 0. The Kier molecular flexibility index (Phi) is 3.15. The van der Waals surface area contributed by atoms with Gasteiger partial charge in [0.05, 0.1) is 10.9 Å². The molecule has 1 heterocycles. The van der Waals surface area contributed by atoms with Crippen molar-refractivity contribution in [3.8, 4) is 0 Å². The summed E-state index contributed by atoms with van der Waals surface area (Å²) in [5.74, 6) is 0.549. The second kappa shape index (κ2) is 4.61. The second-order valence-corrected chi connectivity index (χ2v) is 4.18. The SMILES string of the molecule is C/C=C/c1ccc2c(=O)c(C)c(C)oc2c1C=O. The first-order chi connectivity index (χ1) is 8.60. The molecule has 0 saturated carbocycles. The van der Waals surface area contributed by atoms with E-state index >= 15 is 0 Å². The van der Waals surface area contributed by atoms with Crippen molar-refractivity contribution in [2.75, 3.05) is 0 Å². The van der Waals surface area contributed by atoms with Gasteiger partial charge in [0, 0.05) is 5.56 Å². The maximum Gasteiger partial charge on any atom is 0.195 e. The predicted molar refractivity (Wildman–Crippen MR) is 72.1 cm³/mol. The lowest BCUT2D eigenvalue weighted by Crippen LogP contribution is -2.08. The summed E-state index contributed by atoms with van der Waals surface area (Å²) in [5, 5.41) is 0.452. The molecule has 0 aliphatic heterocycles. The van der Waals surface area contributed by atoms with Crippen LogP contribution in [0.3, 0.4) is 0 Å². The highest BCUT2D eigenvalue weighted by Gasteiger charge is 2.13. The van der Waals surface area contributed by atoms with Gasteiger partial charge in [-0.1, -0.05) is 18.2 Å². The normalized spacial score (nSPS) is 11.3. The van der Waals surface area contributed by atoms with Crippen LogP contribution in [-0.2, 0) is 0 Å². The number of rotatable bonds is 2. The fourth-order valence-electron chi connectivity index (χ4n) is 1.94. The van der Waals surface area contributed by atoms with E-state index in [-0.39, 0.29) is 5.43 Å². The van der Waals surface area contributed by atoms with Crippen molar-refractivity contribution in [1.29, 1.82) is 0 Å². The summed E-state index contributed by atoms with van der Waals surface area (Å²) in [7, 11) is 0. The van der Waals surface area contributed by atoms with E-state index < -0.39 is 0 Å². The van der Waals surface area contributed by atoms with E-state index in [4.69, 9.17) is 4.42 Å². The molecule has 0 spiro atoms. The molecule has 3 heteroatoms. The first-order valence-electron chi connectivity index (χ1n) is 5.75. The summed E-state index contributed by atoms with van der Waals surface area (Å²) in [6, 6.07) is 3.47. The number of hydrogen-bond acceptors (Lipinski definition) is 3. The van der Waals surface area contributed by atoms with Crippen molar-refractivity contribution in [2.24, 2.45) is 0 Å². The molecule has 0 radical (unpaired) electrons. The van der Waals surface area contributed by atoms with Crippen molar-refractivity contribution >= 4 is 23.3 Å². The van der Waals surface area contributed by atoms with Crippen molar-refractivity contribution in [3.05, 3.63) is 50.9 Å². The quantitative estimate of drug-likeness (QED) is 0.759. The predicted octanol–water partition coefficient (Wildman–Crippen LogP) is 3.26. The smallest absolute Gasteiger partial charge is 0.195 e. The molecule has 2 rings (SSSR count). The van der Waals surface area contributed by atoms with Crippen molar-refractivity contribution < 1.29 is 9.21 Å². The highest BCUT2D eigenvalue weighted by Crippen LogP contribution is 2.22. The van der Waals surface area contributed by atoms with Crippen LogP contribution >= 0.6 is 0 Å². The summed E-state index contributed by atoms with van der Waals surface area (Å²) in [6.45, 7) is 5.32. The Morgan fingerprint density at radius 1 is 1.22 bits per heavy atom. The molecule has 0 atom stereocenters. The minimum Gasteiger partial charge on any atom is -0.460 e. The van der Waals surface area contributed by atoms with Crippen LogP contribution in [0, 0.1) is 13.8 Å². The van der Waals surface area contributed by atoms with Gasteiger partial charge in [0.2, 0.25) is 0 Å². The lowest BCUT2D eigenvalue weighted by molar-refractivity contribution is 0.112. The van der Waals surface area contributed by atoms with E-state index in [1.54, 1.807) is 26.0 Å². The molecular formula is C15H14O3. The second-order valence-electron chi connectivity index (χ2n) is 4.18. The van der Waals surface area contributed by atoms with Crippen molar-refractivity contribution in [3.63, 3.8) is 0 Å². The molecule has 3 nitrogen and oxygen atoms in total. The molecule has 0 amide bonds. The van der Waals surface area contributed by atoms with E-state index in [0.717, 1.165) is 11.8 Å². The molecule has 0 fully saturated rings. The molecule has 92 valence electrons. The Bertz CT molecular complexity index is 706. The van der Waals surface area contributed by atoms with E-state index in [0.29, 0.717) is 27.9 Å². The number of carbonyl (C=O) groups is 1. The van der Waals surface area contributed by atoms with Crippen LogP contribution in [0.2, 0.25) is 0 Å². The minimum absolute atomic E-state index is 0.0797. The topological polar surface area (TPSA) is 47.3 Å². The summed E-state index contributed by atoms with van der Waals surface area (Å²) in [6.07, 6.45) is 4.39. The zero-order valence-electron chi connectivity index (χ0n) is 10.6. The average molecular weight is 242 g/mol. The first-order valence-corrected chi connectivity index (χ1v) is 5.75. The van der Waals surface area contributed by atoms with E-state index in [2.05, 4.69) is 0 Å². The standard InChI is InChI=1S/C15H14O3/c1-4-5-11-6-7-12-14(17)9(2)10(3)18-15(12)13(11)8-16/h4-8H,1-3H3/b5-4+. The third-order valence-electron chi connectivity index (χ3n) is 3.06. The zero-order chi connectivity index (χ0) is 13.3. The number of fused-ring (bicyclic) bond motifs is 1. The monoisotopic (exact) mass is 242 g/mol. The fourth-order valence-corrected chi connectivity index (χ4v) is 1.94. The average Bonchev–Trinajstić information content (AvgIpc) is 2.36. The van der Waals surface area contributed by atoms with Gasteiger partial charge in [-0.3, -0.25) is 9.59 Å². The van der Waals surface area contributed by atoms with E-state index in [1.807, 2.05) is 19.1 Å². The molecule has 0 aliphatic rings. The summed E-state index contributed by atoms with van der Waals surface area (Å²) < 4.78 is 5.62. The largest absolute Gasteiger partial charge is 0.460 e. The number of aldehydes is 1. The highest BCUT2D eigenvalue weighted by molar-refractivity contribution is 5.98. The Hall–Kier alpha value is -2.16. The number of allylic oxidation sites excluding steroid dienone is 1. The van der Waals surface area contributed by atoms with Gasteiger partial charge in [-0.15, -0.1) is 0 Å². The Morgan fingerprint density at radius 2 is 1.94 bits per heavy atom. The third kappa shape index (κ3) is 1.78. The summed E-state index contributed by atoms with van der Waals surface area (Å²) in [4.78, 5) is 23.3. The molecule has 1 aromatic carbocycles. The Balaban J connectivity index is 2.98. The van der Waals surface area contributed by atoms with Crippen molar-refractivity contribution in [2.45, 2.75) is 20.8 Å². The minimum atomic E-state index is -0.0797. The molecule has 0 N–H and O–H groups in total. The zero-order valence-corrected chi connectivity index (χ0v) is 10.6. The van der Waals surface area contributed by atoms with Crippen LogP contribution in [-0.4, -0.2) is 6.29 Å². The van der Waals surface area contributed by atoms with Crippen LogP contribution in [0.4, 0.5) is 0 Å². The Morgan fingerprint density at radius 3 is 2.56 bits per heavy atom. The molecule has 2 aromatic rings. The van der Waals surface area contributed by atoms with Gasteiger partial charge >= 0.3 is 0 Å². The van der Waals surface area contributed by atoms with Gasteiger partial charge in [-0.05, 0) is 32.4 Å². The highest BCUT2D eigenvalue weighted by atomic mass is 16.3. The van der Waals surface area contributed by atoms with Crippen molar-refractivity contribution in [1.82, 2.24) is 0 Å². The van der Waals surface area contributed by atoms with Gasteiger partial charge in [0.15, 0.2) is 11.7 Å². The molecular weight excluding hydrogens is 228 g/mol. The van der Waals surface area contributed by atoms with Gasteiger partial charge in [-0.25, -0.2) is 0 Å². The number of hydrogen-bond donors (Lipinski definition) is 0. The lowest BCUT2D eigenvalue weighted by Gasteiger charge is -2.06. The number of carbonyl (C=O) groups excluding carboxylic acids is 1. The fraction of sp³-hybridized carbons (Fsp3) is 0.200. The maximum absolute atomic E-state index is 12.1. The van der Waals surface area contributed by atoms with E-state index in [9.17, 15) is 9.59 Å². The maximum atomic E-state index is 12.1. The van der Waals surface area contributed by atoms with Gasteiger partial charge in [-0.2, -0.15) is 0 Å².